The van der Waals surface area contributed by atoms with Gasteiger partial charge < -0.3 is 10.1 Å². The van der Waals surface area contributed by atoms with Crippen molar-refractivity contribution in [1.29, 1.82) is 5.26 Å². The van der Waals surface area contributed by atoms with Gasteiger partial charge in [0, 0.05) is 5.69 Å². The SMILES string of the molecule is Cc1ccc(OCCNc2nc(C)cc(C)c2C#N)cc1. The third kappa shape index (κ3) is 3.96. The number of benzene rings is 1. The number of nitrogens with one attached hydrogen (secondary N) is 1. The maximum absolute atomic E-state index is 9.19. The van der Waals surface area contributed by atoms with E-state index in [4.69, 9.17) is 4.74 Å². The van der Waals surface area contributed by atoms with E-state index in [0.29, 0.717) is 24.5 Å². The van der Waals surface area contributed by atoms with Crippen molar-refractivity contribution in [1.82, 2.24) is 4.98 Å². The van der Waals surface area contributed by atoms with Crippen LogP contribution in [-0.4, -0.2) is 18.1 Å². The van der Waals surface area contributed by atoms with Crippen LogP contribution in [0.15, 0.2) is 30.3 Å². The van der Waals surface area contributed by atoms with Crippen LogP contribution in [0.4, 0.5) is 5.82 Å². The molecule has 1 aromatic carbocycles. The molecular weight excluding hydrogens is 262 g/mol. The van der Waals surface area contributed by atoms with Gasteiger partial charge in [-0.3, -0.25) is 0 Å². The molecule has 21 heavy (non-hydrogen) atoms. The fourth-order valence-corrected chi connectivity index (χ4v) is 2.08. The van der Waals surface area contributed by atoms with Crippen molar-refractivity contribution in [2.75, 3.05) is 18.5 Å². The number of pyridine rings is 1. The molecule has 0 saturated heterocycles. The van der Waals surface area contributed by atoms with Crippen molar-refractivity contribution in [2.24, 2.45) is 0 Å². The number of nitrogens with zero attached hydrogens (tertiary/aromatic N) is 2. The Morgan fingerprint density at radius 2 is 1.90 bits per heavy atom. The first-order chi connectivity index (χ1) is 10.1. The number of rotatable bonds is 5. The molecule has 4 nitrogen and oxygen atoms in total. The first kappa shape index (κ1) is 14.9. The average Bonchev–Trinajstić information content (AvgIpc) is 2.45. The lowest BCUT2D eigenvalue weighted by molar-refractivity contribution is 0.332. The van der Waals surface area contributed by atoms with E-state index >= 15 is 0 Å². The van der Waals surface area contributed by atoms with Gasteiger partial charge in [0.25, 0.3) is 0 Å². The molecule has 0 amide bonds. The summed E-state index contributed by atoms with van der Waals surface area (Å²) in [6.07, 6.45) is 0. The molecule has 0 radical (unpaired) electrons. The molecule has 0 spiro atoms. The van der Waals surface area contributed by atoms with Crippen LogP contribution in [0.5, 0.6) is 5.75 Å². The molecule has 0 aliphatic heterocycles. The topological polar surface area (TPSA) is 57.9 Å². The standard InChI is InChI=1S/C17H19N3O/c1-12-4-6-15(7-5-12)21-9-8-19-17-16(11-18)13(2)10-14(3)20-17/h4-7,10H,8-9H2,1-3H3,(H,19,20). The summed E-state index contributed by atoms with van der Waals surface area (Å²) in [6.45, 7) is 6.99. The summed E-state index contributed by atoms with van der Waals surface area (Å²) in [6, 6.07) is 12.0. The second-order valence-corrected chi connectivity index (χ2v) is 5.00. The Labute approximate surface area is 125 Å². The Kier molecular flexibility index (Phi) is 4.78. The van der Waals surface area contributed by atoms with Crippen LogP contribution in [0.3, 0.4) is 0 Å². The third-order valence-corrected chi connectivity index (χ3v) is 3.14. The van der Waals surface area contributed by atoms with Gasteiger partial charge in [0.05, 0.1) is 12.1 Å². The summed E-state index contributed by atoms with van der Waals surface area (Å²) in [7, 11) is 0. The Bertz CT molecular complexity index is 657. The minimum Gasteiger partial charge on any atom is -0.492 e. The highest BCUT2D eigenvalue weighted by atomic mass is 16.5. The largest absolute Gasteiger partial charge is 0.492 e. The minimum absolute atomic E-state index is 0.516. The summed E-state index contributed by atoms with van der Waals surface area (Å²) >= 11 is 0. The summed E-state index contributed by atoms with van der Waals surface area (Å²) in [5.41, 5.74) is 3.63. The van der Waals surface area contributed by atoms with E-state index in [1.165, 1.54) is 5.56 Å². The zero-order chi connectivity index (χ0) is 15.2. The number of aromatic nitrogens is 1. The van der Waals surface area contributed by atoms with Crippen molar-refractivity contribution < 1.29 is 4.74 Å². The van der Waals surface area contributed by atoms with Crippen LogP contribution in [0, 0.1) is 32.1 Å². The third-order valence-electron chi connectivity index (χ3n) is 3.14. The number of hydrogen-bond acceptors (Lipinski definition) is 4. The molecule has 0 atom stereocenters. The quantitative estimate of drug-likeness (QED) is 0.854. The monoisotopic (exact) mass is 281 g/mol. The van der Waals surface area contributed by atoms with Gasteiger partial charge in [0.15, 0.2) is 0 Å². The lowest BCUT2D eigenvalue weighted by Crippen LogP contribution is -2.14. The Hall–Kier alpha value is -2.54. The van der Waals surface area contributed by atoms with Gasteiger partial charge in [-0.25, -0.2) is 4.98 Å². The smallest absolute Gasteiger partial charge is 0.144 e. The molecule has 0 unspecified atom stereocenters. The summed E-state index contributed by atoms with van der Waals surface area (Å²) in [5, 5.41) is 12.4. The average molecular weight is 281 g/mol. The molecule has 4 heteroatoms. The number of hydrogen-bond donors (Lipinski definition) is 1. The summed E-state index contributed by atoms with van der Waals surface area (Å²) in [4.78, 5) is 4.37. The predicted octanol–water partition coefficient (Wildman–Crippen LogP) is 3.37. The van der Waals surface area contributed by atoms with Crippen molar-refractivity contribution >= 4 is 5.82 Å². The maximum Gasteiger partial charge on any atom is 0.144 e. The van der Waals surface area contributed by atoms with Crippen LogP contribution < -0.4 is 10.1 Å². The molecule has 0 bridgehead atoms. The lowest BCUT2D eigenvalue weighted by Gasteiger charge is -2.11. The Balaban J connectivity index is 1.92. The van der Waals surface area contributed by atoms with Gasteiger partial charge in [0.1, 0.15) is 24.2 Å². The van der Waals surface area contributed by atoms with Crippen molar-refractivity contribution in [3.05, 3.63) is 52.7 Å². The van der Waals surface area contributed by atoms with E-state index in [1.54, 1.807) is 0 Å². The fourth-order valence-electron chi connectivity index (χ4n) is 2.08. The maximum atomic E-state index is 9.19. The van der Waals surface area contributed by atoms with Crippen LogP contribution in [0.1, 0.15) is 22.4 Å². The van der Waals surface area contributed by atoms with E-state index < -0.39 is 0 Å². The molecule has 1 aromatic heterocycles. The minimum atomic E-state index is 0.516. The van der Waals surface area contributed by atoms with Crippen molar-refractivity contribution in [2.45, 2.75) is 20.8 Å². The van der Waals surface area contributed by atoms with Gasteiger partial charge in [-0.15, -0.1) is 0 Å². The van der Waals surface area contributed by atoms with Gasteiger partial charge in [-0.1, -0.05) is 17.7 Å². The van der Waals surface area contributed by atoms with Gasteiger partial charge in [0.2, 0.25) is 0 Å². The molecule has 2 aromatic rings. The van der Waals surface area contributed by atoms with Crippen molar-refractivity contribution in [3.8, 4) is 11.8 Å². The first-order valence-electron chi connectivity index (χ1n) is 6.92. The number of aryl methyl sites for hydroxylation is 3. The normalized spacial score (nSPS) is 10.0. The predicted molar refractivity (Wildman–Crippen MR) is 83.6 cm³/mol. The van der Waals surface area contributed by atoms with Crippen LogP contribution >= 0.6 is 0 Å². The Morgan fingerprint density at radius 3 is 2.57 bits per heavy atom. The zero-order valence-corrected chi connectivity index (χ0v) is 12.6. The molecule has 0 saturated carbocycles. The highest BCUT2D eigenvalue weighted by molar-refractivity contribution is 5.56. The van der Waals surface area contributed by atoms with E-state index in [9.17, 15) is 5.26 Å². The molecule has 2 rings (SSSR count). The molecule has 1 N–H and O–H groups in total. The van der Waals surface area contributed by atoms with Crippen molar-refractivity contribution in [3.63, 3.8) is 0 Å². The molecule has 0 fully saturated rings. The van der Waals surface area contributed by atoms with Crippen LogP contribution in [0.25, 0.3) is 0 Å². The lowest BCUT2D eigenvalue weighted by atomic mass is 10.1. The van der Waals surface area contributed by atoms with E-state index in [-0.39, 0.29) is 0 Å². The number of nitriles is 1. The van der Waals surface area contributed by atoms with E-state index in [0.717, 1.165) is 17.0 Å². The van der Waals surface area contributed by atoms with E-state index in [1.807, 2.05) is 51.1 Å². The van der Waals surface area contributed by atoms with Crippen LogP contribution in [0.2, 0.25) is 0 Å². The molecule has 108 valence electrons. The van der Waals surface area contributed by atoms with Gasteiger partial charge in [-0.05, 0) is 44.5 Å². The van der Waals surface area contributed by atoms with Crippen LogP contribution in [-0.2, 0) is 0 Å². The Morgan fingerprint density at radius 1 is 1.19 bits per heavy atom. The van der Waals surface area contributed by atoms with Gasteiger partial charge >= 0.3 is 0 Å². The molecule has 0 aliphatic carbocycles. The fraction of sp³-hybridized carbons (Fsp3) is 0.294. The first-order valence-corrected chi connectivity index (χ1v) is 6.92. The van der Waals surface area contributed by atoms with Gasteiger partial charge in [-0.2, -0.15) is 5.26 Å². The van der Waals surface area contributed by atoms with E-state index in [2.05, 4.69) is 16.4 Å². The number of anilines is 1. The second kappa shape index (κ2) is 6.76. The highest BCUT2D eigenvalue weighted by Gasteiger charge is 2.07. The molecule has 1 heterocycles. The molecule has 0 aliphatic rings. The zero-order valence-electron chi connectivity index (χ0n) is 12.6. The molecular formula is C17H19N3O. The number of ether oxygens (including phenoxy) is 1. The summed E-state index contributed by atoms with van der Waals surface area (Å²) < 4.78 is 5.64. The highest BCUT2D eigenvalue weighted by Crippen LogP contribution is 2.17. The summed E-state index contributed by atoms with van der Waals surface area (Å²) in [5.74, 6) is 1.47. The second-order valence-electron chi connectivity index (χ2n) is 5.00.